The van der Waals surface area contributed by atoms with E-state index in [0.29, 0.717) is 6.61 Å². The summed E-state index contributed by atoms with van der Waals surface area (Å²) in [5.74, 6) is 0. The summed E-state index contributed by atoms with van der Waals surface area (Å²) in [5, 5.41) is 5.17. The van der Waals surface area contributed by atoms with E-state index in [-0.39, 0.29) is 16.5 Å². The molecule has 0 aliphatic heterocycles. The van der Waals surface area contributed by atoms with Gasteiger partial charge in [0, 0.05) is 12.6 Å². The summed E-state index contributed by atoms with van der Waals surface area (Å²) in [6.45, 7) is 9.47. The zero-order valence-corrected chi connectivity index (χ0v) is 14.3. The van der Waals surface area contributed by atoms with Crippen molar-refractivity contribution in [1.29, 1.82) is 0 Å². The van der Waals surface area contributed by atoms with Crippen molar-refractivity contribution in [2.75, 3.05) is 20.2 Å². The van der Waals surface area contributed by atoms with E-state index in [2.05, 4.69) is 4.90 Å². The molecule has 0 amide bonds. The molecule has 1 aromatic rings. The Balaban J connectivity index is 2.72. The fourth-order valence-corrected chi connectivity index (χ4v) is 2.46. The summed E-state index contributed by atoms with van der Waals surface area (Å²) in [6.07, 6.45) is 0. The van der Waals surface area contributed by atoms with E-state index in [4.69, 9.17) is 9.88 Å². The lowest BCUT2D eigenvalue weighted by atomic mass is 10.1. The minimum Gasteiger partial charge on any atom is -0.375 e. The molecular weight excluding hydrogens is 288 g/mol. The minimum absolute atomic E-state index is 0.0790. The van der Waals surface area contributed by atoms with Crippen LogP contribution in [-0.2, 0) is 14.8 Å². The summed E-state index contributed by atoms with van der Waals surface area (Å²) in [4.78, 5) is 2.26. The van der Waals surface area contributed by atoms with Crippen molar-refractivity contribution in [3.8, 4) is 0 Å². The van der Waals surface area contributed by atoms with E-state index < -0.39 is 10.0 Å². The van der Waals surface area contributed by atoms with E-state index in [9.17, 15) is 8.42 Å². The van der Waals surface area contributed by atoms with Crippen molar-refractivity contribution in [1.82, 2.24) is 4.90 Å². The van der Waals surface area contributed by atoms with Gasteiger partial charge in [-0.05, 0) is 52.4 Å². The molecule has 0 unspecified atom stereocenters. The molecule has 21 heavy (non-hydrogen) atoms. The second-order valence-electron chi connectivity index (χ2n) is 6.23. The third kappa shape index (κ3) is 6.13. The molecule has 0 heterocycles. The molecule has 1 rings (SSSR count). The summed E-state index contributed by atoms with van der Waals surface area (Å²) in [6, 6.07) is 6.83. The molecule has 0 aliphatic carbocycles. The monoisotopic (exact) mass is 314 g/mol. The Bertz CT molecular complexity index is 565. The molecule has 2 N–H and O–H groups in total. The van der Waals surface area contributed by atoms with Crippen LogP contribution in [0.1, 0.15) is 39.3 Å². The average molecular weight is 314 g/mol. The molecule has 1 atom stereocenters. The maximum absolute atomic E-state index is 11.4. The number of sulfonamides is 1. The van der Waals surface area contributed by atoms with Gasteiger partial charge in [0.25, 0.3) is 0 Å². The zero-order chi connectivity index (χ0) is 16.3. The van der Waals surface area contributed by atoms with Gasteiger partial charge in [0.15, 0.2) is 0 Å². The molecule has 0 bridgehead atoms. The van der Waals surface area contributed by atoms with E-state index in [0.717, 1.165) is 12.1 Å². The lowest BCUT2D eigenvalue weighted by molar-refractivity contribution is -0.0139. The zero-order valence-electron chi connectivity index (χ0n) is 13.5. The van der Waals surface area contributed by atoms with Crippen molar-refractivity contribution in [2.24, 2.45) is 5.14 Å². The Labute approximate surface area is 128 Å². The lowest BCUT2D eigenvalue weighted by Crippen LogP contribution is -2.30. The van der Waals surface area contributed by atoms with E-state index in [1.54, 1.807) is 12.1 Å². The highest BCUT2D eigenvalue weighted by Crippen LogP contribution is 2.21. The van der Waals surface area contributed by atoms with Crippen molar-refractivity contribution < 1.29 is 13.2 Å². The van der Waals surface area contributed by atoms with Crippen molar-refractivity contribution >= 4 is 10.0 Å². The molecule has 0 fully saturated rings. The first kappa shape index (κ1) is 18.1. The number of hydrogen-bond acceptors (Lipinski definition) is 4. The van der Waals surface area contributed by atoms with Gasteiger partial charge in [0.05, 0.1) is 17.1 Å². The van der Waals surface area contributed by atoms with Crippen molar-refractivity contribution in [3.05, 3.63) is 29.8 Å². The molecule has 0 aromatic heterocycles. The number of nitrogens with zero attached hydrogens (tertiary/aromatic N) is 1. The largest absolute Gasteiger partial charge is 0.375 e. The van der Waals surface area contributed by atoms with Gasteiger partial charge in [-0.1, -0.05) is 12.1 Å². The van der Waals surface area contributed by atoms with E-state index >= 15 is 0 Å². The Hall–Kier alpha value is -0.950. The molecule has 0 saturated carbocycles. The fraction of sp³-hybridized carbons (Fsp3) is 0.600. The van der Waals surface area contributed by atoms with Crippen LogP contribution in [-0.4, -0.2) is 39.1 Å². The molecule has 0 radical (unpaired) electrons. The lowest BCUT2D eigenvalue weighted by Gasteiger charge is -2.27. The molecule has 1 aromatic carbocycles. The summed E-state index contributed by atoms with van der Waals surface area (Å²) in [7, 11) is -1.68. The van der Waals surface area contributed by atoms with Gasteiger partial charge in [0.2, 0.25) is 10.0 Å². The molecule has 5 nitrogen and oxygen atoms in total. The number of ether oxygens (including phenoxy) is 1. The Morgan fingerprint density at radius 2 is 1.95 bits per heavy atom. The first-order valence-corrected chi connectivity index (χ1v) is 8.52. The highest BCUT2D eigenvalue weighted by atomic mass is 32.2. The van der Waals surface area contributed by atoms with Gasteiger partial charge >= 0.3 is 0 Å². The number of rotatable bonds is 6. The van der Waals surface area contributed by atoms with Gasteiger partial charge in [-0.2, -0.15) is 0 Å². The third-order valence-corrected chi connectivity index (χ3v) is 4.22. The van der Waals surface area contributed by atoms with Crippen LogP contribution in [0.2, 0.25) is 0 Å². The number of nitrogens with two attached hydrogens (primary N) is 1. The normalized spacial score (nSPS) is 14.4. The maximum atomic E-state index is 11.4. The molecular formula is C15H26N2O3S. The third-order valence-electron chi connectivity index (χ3n) is 3.31. The highest BCUT2D eigenvalue weighted by Gasteiger charge is 2.16. The molecule has 0 aliphatic rings. The number of hydrogen-bond donors (Lipinski definition) is 1. The van der Waals surface area contributed by atoms with E-state index in [1.165, 1.54) is 6.07 Å². The van der Waals surface area contributed by atoms with Crippen molar-refractivity contribution in [2.45, 2.75) is 44.2 Å². The van der Waals surface area contributed by atoms with Crippen LogP contribution in [0.3, 0.4) is 0 Å². The quantitative estimate of drug-likeness (QED) is 0.873. The Morgan fingerprint density at radius 1 is 1.33 bits per heavy atom. The number of benzene rings is 1. The fourth-order valence-electron chi connectivity index (χ4n) is 1.90. The highest BCUT2D eigenvalue weighted by molar-refractivity contribution is 7.89. The molecule has 0 saturated heterocycles. The SMILES string of the molecule is C[C@@H](c1cccc(S(N)(=O)=O)c1)N(C)CCOC(C)(C)C. The number of primary sulfonamides is 1. The van der Waals surface area contributed by atoms with E-state index in [1.807, 2.05) is 40.8 Å². The van der Waals surface area contributed by atoms with Gasteiger partial charge in [-0.3, -0.25) is 4.90 Å². The smallest absolute Gasteiger partial charge is 0.238 e. The second-order valence-corrected chi connectivity index (χ2v) is 7.80. The second kappa shape index (κ2) is 6.87. The van der Waals surface area contributed by atoms with Crippen molar-refractivity contribution in [3.63, 3.8) is 0 Å². The first-order valence-electron chi connectivity index (χ1n) is 6.97. The van der Waals surface area contributed by atoms with Crippen LogP contribution in [0, 0.1) is 0 Å². The van der Waals surface area contributed by atoms with Crippen LogP contribution in [0.4, 0.5) is 0 Å². The number of likely N-dealkylation sites (N-methyl/N-ethyl adjacent to an activating group) is 1. The topological polar surface area (TPSA) is 72.6 Å². The van der Waals surface area contributed by atoms with Gasteiger partial charge in [-0.15, -0.1) is 0 Å². The van der Waals surface area contributed by atoms with Crippen LogP contribution in [0.15, 0.2) is 29.2 Å². The van der Waals surface area contributed by atoms with Crippen LogP contribution >= 0.6 is 0 Å². The minimum atomic E-state index is -3.66. The molecule has 120 valence electrons. The Kier molecular flexibility index (Phi) is 5.92. The summed E-state index contributed by atoms with van der Waals surface area (Å²) < 4.78 is 28.5. The average Bonchev–Trinajstić information content (AvgIpc) is 2.35. The van der Waals surface area contributed by atoms with Crippen LogP contribution in [0.5, 0.6) is 0 Å². The first-order chi connectivity index (χ1) is 9.50. The van der Waals surface area contributed by atoms with Crippen LogP contribution in [0.25, 0.3) is 0 Å². The van der Waals surface area contributed by atoms with Crippen LogP contribution < -0.4 is 5.14 Å². The molecule has 0 spiro atoms. The van der Waals surface area contributed by atoms with Gasteiger partial charge in [0.1, 0.15) is 0 Å². The predicted octanol–water partition coefficient (Wildman–Crippen LogP) is 2.14. The summed E-state index contributed by atoms with van der Waals surface area (Å²) >= 11 is 0. The molecule has 6 heteroatoms. The standard InChI is InChI=1S/C15H26N2O3S/c1-12(17(5)9-10-20-15(2,3)4)13-7-6-8-14(11-13)21(16,18)19/h6-8,11-12H,9-10H2,1-5H3,(H2,16,18,19)/t12-/m0/s1. The summed E-state index contributed by atoms with van der Waals surface area (Å²) in [5.41, 5.74) is 0.761. The maximum Gasteiger partial charge on any atom is 0.238 e. The Morgan fingerprint density at radius 3 is 2.48 bits per heavy atom. The predicted molar refractivity (Wildman–Crippen MR) is 84.6 cm³/mol. The van der Waals surface area contributed by atoms with Gasteiger partial charge in [-0.25, -0.2) is 13.6 Å². The van der Waals surface area contributed by atoms with Gasteiger partial charge < -0.3 is 4.74 Å².